The largest absolute Gasteiger partial charge is 0.491 e. The van der Waals surface area contributed by atoms with Gasteiger partial charge in [0.25, 0.3) is 0 Å². The molecule has 2 atom stereocenters. The van der Waals surface area contributed by atoms with E-state index in [0.717, 1.165) is 40.4 Å². The Kier molecular flexibility index (Phi) is 4.26. The molecular formula is C20H25N5O. The summed E-state index contributed by atoms with van der Waals surface area (Å²) in [5, 5.41) is 8.60. The van der Waals surface area contributed by atoms with Crippen LogP contribution in [0.25, 0.3) is 22.3 Å². The number of H-pyrrole nitrogens is 1. The zero-order valence-corrected chi connectivity index (χ0v) is 15.7. The number of aromatic amines is 1. The van der Waals surface area contributed by atoms with Gasteiger partial charge in [-0.25, -0.2) is 9.97 Å². The van der Waals surface area contributed by atoms with E-state index >= 15 is 0 Å². The molecule has 1 aliphatic heterocycles. The van der Waals surface area contributed by atoms with Crippen molar-refractivity contribution in [2.75, 3.05) is 11.4 Å². The average molecular weight is 351 g/mol. The van der Waals surface area contributed by atoms with Gasteiger partial charge in [0.15, 0.2) is 0 Å². The Balaban J connectivity index is 1.72. The van der Waals surface area contributed by atoms with E-state index in [9.17, 15) is 0 Å². The van der Waals surface area contributed by atoms with Crippen LogP contribution in [0.4, 0.5) is 5.82 Å². The van der Waals surface area contributed by atoms with Crippen molar-refractivity contribution in [2.24, 2.45) is 5.92 Å². The molecular weight excluding hydrogens is 326 g/mol. The van der Waals surface area contributed by atoms with Crippen LogP contribution < -0.4 is 9.64 Å². The Hall–Kier alpha value is -2.63. The van der Waals surface area contributed by atoms with Crippen LogP contribution in [0.2, 0.25) is 0 Å². The normalized spacial score (nSPS) is 20.3. The molecule has 1 aliphatic rings. The summed E-state index contributed by atoms with van der Waals surface area (Å²) in [5.74, 6) is 2.49. The smallest absolute Gasteiger partial charge is 0.132 e. The van der Waals surface area contributed by atoms with E-state index in [1.165, 1.54) is 6.42 Å². The van der Waals surface area contributed by atoms with Crippen LogP contribution in [0.5, 0.6) is 5.75 Å². The highest BCUT2D eigenvalue weighted by atomic mass is 16.5. The molecule has 136 valence electrons. The number of anilines is 1. The zero-order valence-electron chi connectivity index (χ0n) is 15.7. The van der Waals surface area contributed by atoms with Crippen LogP contribution in [-0.2, 0) is 0 Å². The molecule has 1 saturated heterocycles. The van der Waals surface area contributed by atoms with E-state index in [1.54, 1.807) is 6.33 Å². The molecule has 2 unspecified atom stereocenters. The van der Waals surface area contributed by atoms with Crippen LogP contribution in [0.3, 0.4) is 0 Å². The molecule has 0 saturated carbocycles. The lowest BCUT2D eigenvalue weighted by atomic mass is 10.1. The van der Waals surface area contributed by atoms with Gasteiger partial charge in [-0.2, -0.15) is 5.10 Å². The Morgan fingerprint density at radius 3 is 2.77 bits per heavy atom. The predicted octanol–water partition coefficient (Wildman–Crippen LogP) is 4.04. The monoisotopic (exact) mass is 351 g/mol. The van der Waals surface area contributed by atoms with Gasteiger partial charge in [-0.3, -0.25) is 5.10 Å². The first-order valence-corrected chi connectivity index (χ1v) is 9.25. The van der Waals surface area contributed by atoms with Gasteiger partial charge in [0, 0.05) is 24.0 Å². The lowest BCUT2D eigenvalue weighted by molar-refractivity contribution is 0.243. The number of nitrogens with zero attached hydrogens (tertiary/aromatic N) is 4. The highest BCUT2D eigenvalue weighted by Crippen LogP contribution is 2.32. The molecule has 0 radical (unpaired) electrons. The molecule has 1 aromatic carbocycles. The topological polar surface area (TPSA) is 66.9 Å². The van der Waals surface area contributed by atoms with Crippen molar-refractivity contribution in [3.8, 4) is 17.1 Å². The minimum atomic E-state index is 0.132. The Morgan fingerprint density at radius 2 is 2.04 bits per heavy atom. The van der Waals surface area contributed by atoms with Crippen LogP contribution in [0, 0.1) is 5.92 Å². The molecule has 3 aromatic rings. The van der Waals surface area contributed by atoms with Crippen LogP contribution in [0.15, 0.2) is 30.6 Å². The average Bonchev–Trinajstić information content (AvgIpc) is 3.17. The van der Waals surface area contributed by atoms with Gasteiger partial charge in [0.2, 0.25) is 0 Å². The maximum Gasteiger partial charge on any atom is 0.132 e. The van der Waals surface area contributed by atoms with Crippen molar-refractivity contribution < 1.29 is 4.74 Å². The summed E-state index contributed by atoms with van der Waals surface area (Å²) < 4.78 is 5.83. The minimum absolute atomic E-state index is 0.132. The quantitative estimate of drug-likeness (QED) is 0.768. The Morgan fingerprint density at radius 1 is 1.19 bits per heavy atom. The van der Waals surface area contributed by atoms with Gasteiger partial charge in [-0.05, 0) is 51.3 Å². The number of ether oxygens (including phenoxy) is 1. The third-order valence-electron chi connectivity index (χ3n) is 4.88. The van der Waals surface area contributed by atoms with Gasteiger partial charge >= 0.3 is 0 Å². The molecule has 4 rings (SSSR count). The van der Waals surface area contributed by atoms with Gasteiger partial charge in [-0.1, -0.05) is 6.92 Å². The van der Waals surface area contributed by atoms with Crippen molar-refractivity contribution in [1.29, 1.82) is 0 Å². The highest BCUT2D eigenvalue weighted by Gasteiger charge is 2.27. The van der Waals surface area contributed by atoms with Gasteiger partial charge in [0.05, 0.1) is 17.3 Å². The molecule has 1 fully saturated rings. The lowest BCUT2D eigenvalue weighted by Gasteiger charge is -2.22. The summed E-state index contributed by atoms with van der Waals surface area (Å²) in [4.78, 5) is 11.3. The Bertz CT molecular complexity index is 919. The van der Waals surface area contributed by atoms with E-state index in [2.05, 4.69) is 38.9 Å². The van der Waals surface area contributed by atoms with E-state index in [0.29, 0.717) is 12.0 Å². The van der Waals surface area contributed by atoms with Crippen molar-refractivity contribution in [2.45, 2.75) is 46.3 Å². The molecule has 3 heterocycles. The number of fused-ring (bicyclic) bond motifs is 1. The summed E-state index contributed by atoms with van der Waals surface area (Å²) in [6.45, 7) is 9.62. The second-order valence-electron chi connectivity index (χ2n) is 7.55. The van der Waals surface area contributed by atoms with Crippen molar-refractivity contribution >= 4 is 16.7 Å². The predicted molar refractivity (Wildman–Crippen MR) is 103 cm³/mol. The number of benzene rings is 1. The van der Waals surface area contributed by atoms with E-state index < -0.39 is 0 Å². The summed E-state index contributed by atoms with van der Waals surface area (Å²) in [5.41, 5.74) is 2.63. The first kappa shape index (κ1) is 16.8. The fourth-order valence-corrected chi connectivity index (χ4v) is 3.79. The van der Waals surface area contributed by atoms with Crippen molar-refractivity contribution in [1.82, 2.24) is 20.2 Å². The zero-order chi connectivity index (χ0) is 18.3. The summed E-state index contributed by atoms with van der Waals surface area (Å²) in [6.07, 6.45) is 2.96. The second-order valence-corrected chi connectivity index (χ2v) is 7.55. The molecule has 1 N–H and O–H groups in total. The number of hydrogen-bond acceptors (Lipinski definition) is 5. The summed E-state index contributed by atoms with van der Waals surface area (Å²) in [6, 6.07) is 8.52. The summed E-state index contributed by atoms with van der Waals surface area (Å²) in [7, 11) is 0. The van der Waals surface area contributed by atoms with Crippen LogP contribution in [-0.4, -0.2) is 38.9 Å². The van der Waals surface area contributed by atoms with E-state index in [-0.39, 0.29) is 6.10 Å². The van der Waals surface area contributed by atoms with Crippen LogP contribution in [0.1, 0.15) is 34.1 Å². The highest BCUT2D eigenvalue weighted by molar-refractivity contribution is 5.93. The molecule has 0 aliphatic carbocycles. The standard InChI is InChI=1S/C20H25N5O/c1-12(2)26-15-5-6-17-16(8-15)20(24-23-17)18-9-19(22-11-21-18)25-10-13(3)7-14(25)4/h5-6,8-9,11-14H,7,10H2,1-4H3,(H,23,24). The maximum atomic E-state index is 5.83. The Labute approximate surface area is 153 Å². The second kappa shape index (κ2) is 6.59. The number of hydrogen-bond donors (Lipinski definition) is 1. The van der Waals surface area contributed by atoms with Gasteiger partial charge < -0.3 is 9.64 Å². The maximum absolute atomic E-state index is 5.83. The first-order chi connectivity index (χ1) is 12.5. The fraction of sp³-hybridized carbons (Fsp3) is 0.450. The molecule has 0 amide bonds. The van der Waals surface area contributed by atoms with E-state index in [1.807, 2.05) is 38.1 Å². The third-order valence-corrected chi connectivity index (χ3v) is 4.88. The molecule has 0 bridgehead atoms. The molecule has 6 heteroatoms. The molecule has 26 heavy (non-hydrogen) atoms. The van der Waals surface area contributed by atoms with Crippen LogP contribution >= 0.6 is 0 Å². The minimum Gasteiger partial charge on any atom is -0.491 e. The number of nitrogens with one attached hydrogen (secondary N) is 1. The number of rotatable bonds is 4. The van der Waals surface area contributed by atoms with E-state index in [4.69, 9.17) is 4.74 Å². The lowest BCUT2D eigenvalue weighted by Crippen LogP contribution is -2.27. The van der Waals surface area contributed by atoms with Gasteiger partial charge in [-0.15, -0.1) is 0 Å². The van der Waals surface area contributed by atoms with Gasteiger partial charge in [0.1, 0.15) is 23.6 Å². The third kappa shape index (κ3) is 3.11. The molecule has 6 nitrogen and oxygen atoms in total. The van der Waals surface area contributed by atoms with Crippen molar-refractivity contribution in [3.05, 3.63) is 30.6 Å². The molecule has 0 spiro atoms. The number of aromatic nitrogens is 4. The first-order valence-electron chi connectivity index (χ1n) is 9.25. The SMILES string of the molecule is CC1CC(C)N(c2cc(-c3n[nH]c4ccc(OC(C)C)cc34)ncn2)C1. The van der Waals surface area contributed by atoms with Crippen molar-refractivity contribution in [3.63, 3.8) is 0 Å². The summed E-state index contributed by atoms with van der Waals surface area (Å²) >= 11 is 0. The molecule has 2 aromatic heterocycles. The fourth-order valence-electron chi connectivity index (χ4n) is 3.79.